The number of carbonyl (C=O) groups excluding carboxylic acids is 1. The summed E-state index contributed by atoms with van der Waals surface area (Å²) in [6.45, 7) is 6.65. The van der Waals surface area contributed by atoms with Gasteiger partial charge < -0.3 is 10.2 Å². The lowest BCUT2D eigenvalue weighted by Gasteiger charge is -2.33. The molecule has 0 radical (unpaired) electrons. The van der Waals surface area contributed by atoms with E-state index in [9.17, 15) is 4.79 Å². The van der Waals surface area contributed by atoms with E-state index in [1.54, 1.807) is 0 Å². The molecule has 1 saturated heterocycles. The van der Waals surface area contributed by atoms with Crippen molar-refractivity contribution in [2.24, 2.45) is 0 Å². The van der Waals surface area contributed by atoms with Crippen LogP contribution >= 0.6 is 12.4 Å². The van der Waals surface area contributed by atoms with Crippen LogP contribution in [0.5, 0.6) is 0 Å². The van der Waals surface area contributed by atoms with Gasteiger partial charge in [0.2, 0.25) is 0 Å². The maximum atomic E-state index is 13.1. The van der Waals surface area contributed by atoms with Gasteiger partial charge in [0.05, 0.1) is 5.69 Å². The molecular weight excluding hydrogens is 336 g/mol. The molecule has 1 aromatic heterocycles. The van der Waals surface area contributed by atoms with Crippen molar-refractivity contribution in [2.75, 3.05) is 19.6 Å². The van der Waals surface area contributed by atoms with Crippen molar-refractivity contribution in [3.8, 4) is 5.69 Å². The standard InChI is InChI=1S/C19H24N4O.ClH/c1-13-6-8-15(9-7-13)23-17-5-3-4-16(17)18(21-23)19(24)22-11-10-20-12-14(22)2;/h6-9,14,20H,3-5,10-12H2,1-2H3;1H/t14-;/m1./s1. The Hall–Kier alpha value is -1.85. The Morgan fingerprint density at radius 1 is 1.24 bits per heavy atom. The molecule has 0 spiro atoms. The Kier molecular flexibility index (Phi) is 5.16. The zero-order valence-corrected chi connectivity index (χ0v) is 15.6. The van der Waals surface area contributed by atoms with Gasteiger partial charge in [-0.3, -0.25) is 4.79 Å². The van der Waals surface area contributed by atoms with Crippen LogP contribution in [0.3, 0.4) is 0 Å². The monoisotopic (exact) mass is 360 g/mol. The maximum absolute atomic E-state index is 13.1. The van der Waals surface area contributed by atoms with Crippen molar-refractivity contribution in [1.29, 1.82) is 0 Å². The molecule has 2 heterocycles. The molecule has 0 unspecified atom stereocenters. The van der Waals surface area contributed by atoms with Crippen LogP contribution in [0.4, 0.5) is 0 Å². The number of benzene rings is 1. The van der Waals surface area contributed by atoms with Gasteiger partial charge in [-0.2, -0.15) is 5.10 Å². The first-order valence-electron chi connectivity index (χ1n) is 8.84. The van der Waals surface area contributed by atoms with Crippen LogP contribution in [0.1, 0.15) is 40.7 Å². The molecule has 1 aliphatic carbocycles. The largest absolute Gasteiger partial charge is 0.332 e. The highest BCUT2D eigenvalue weighted by molar-refractivity contribution is 5.94. The lowest BCUT2D eigenvalue weighted by Crippen LogP contribution is -2.52. The van der Waals surface area contributed by atoms with Crippen molar-refractivity contribution < 1.29 is 4.79 Å². The fourth-order valence-electron chi connectivity index (χ4n) is 3.79. The van der Waals surface area contributed by atoms with Crippen LogP contribution < -0.4 is 5.32 Å². The van der Waals surface area contributed by atoms with Gasteiger partial charge in [0.1, 0.15) is 0 Å². The third kappa shape index (κ3) is 3.18. The summed E-state index contributed by atoms with van der Waals surface area (Å²) in [5.74, 6) is 0.0908. The second kappa shape index (κ2) is 7.18. The lowest BCUT2D eigenvalue weighted by atomic mass is 10.1. The number of rotatable bonds is 2. The highest BCUT2D eigenvalue weighted by Crippen LogP contribution is 2.29. The van der Waals surface area contributed by atoms with Gasteiger partial charge >= 0.3 is 0 Å². The van der Waals surface area contributed by atoms with Crippen molar-refractivity contribution in [1.82, 2.24) is 20.0 Å². The van der Waals surface area contributed by atoms with Crippen molar-refractivity contribution in [3.63, 3.8) is 0 Å². The molecule has 5 nitrogen and oxygen atoms in total. The van der Waals surface area contributed by atoms with E-state index in [-0.39, 0.29) is 24.4 Å². The van der Waals surface area contributed by atoms with Gasteiger partial charge in [0.25, 0.3) is 5.91 Å². The van der Waals surface area contributed by atoms with E-state index in [0.29, 0.717) is 5.69 Å². The highest BCUT2D eigenvalue weighted by Gasteiger charge is 2.32. The summed E-state index contributed by atoms with van der Waals surface area (Å²) in [6.07, 6.45) is 3.07. The number of hydrogen-bond acceptors (Lipinski definition) is 3. The van der Waals surface area contributed by atoms with E-state index in [2.05, 4.69) is 43.4 Å². The number of amides is 1. The van der Waals surface area contributed by atoms with E-state index < -0.39 is 0 Å². The summed E-state index contributed by atoms with van der Waals surface area (Å²) in [7, 11) is 0. The van der Waals surface area contributed by atoms with Crippen LogP contribution in [0, 0.1) is 6.92 Å². The second-order valence-corrected chi connectivity index (χ2v) is 6.93. The number of halogens is 1. The van der Waals surface area contributed by atoms with Gasteiger partial charge in [0, 0.05) is 36.9 Å². The fraction of sp³-hybridized carbons (Fsp3) is 0.474. The first-order valence-corrected chi connectivity index (χ1v) is 8.84. The third-order valence-corrected chi connectivity index (χ3v) is 5.17. The predicted octanol–water partition coefficient (Wildman–Crippen LogP) is 2.53. The molecule has 1 aromatic carbocycles. The number of fused-ring (bicyclic) bond motifs is 1. The maximum Gasteiger partial charge on any atom is 0.274 e. The van der Waals surface area contributed by atoms with Crippen molar-refractivity contribution in [3.05, 3.63) is 46.8 Å². The summed E-state index contributed by atoms with van der Waals surface area (Å²) in [5.41, 5.74) is 5.31. The summed E-state index contributed by atoms with van der Waals surface area (Å²) in [4.78, 5) is 15.1. The highest BCUT2D eigenvalue weighted by atomic mass is 35.5. The fourth-order valence-corrected chi connectivity index (χ4v) is 3.79. The van der Waals surface area contributed by atoms with Crippen LogP contribution in [-0.4, -0.2) is 46.3 Å². The third-order valence-electron chi connectivity index (χ3n) is 5.17. The molecule has 2 aliphatic rings. The predicted molar refractivity (Wildman–Crippen MR) is 101 cm³/mol. The lowest BCUT2D eigenvalue weighted by molar-refractivity contribution is 0.0648. The Labute approximate surface area is 154 Å². The number of piperazine rings is 1. The molecule has 1 N–H and O–H groups in total. The molecular formula is C19H25ClN4O. The molecule has 25 heavy (non-hydrogen) atoms. The van der Waals surface area contributed by atoms with Gasteiger partial charge in [-0.25, -0.2) is 4.68 Å². The Bertz CT molecular complexity index is 768. The molecule has 6 heteroatoms. The Morgan fingerprint density at radius 3 is 2.72 bits per heavy atom. The van der Waals surface area contributed by atoms with E-state index in [0.717, 1.165) is 50.1 Å². The van der Waals surface area contributed by atoms with Crippen LogP contribution in [0.25, 0.3) is 5.69 Å². The molecule has 2 aromatic rings. The normalized spacial score (nSPS) is 19.4. The van der Waals surface area contributed by atoms with Crippen LogP contribution in [-0.2, 0) is 12.8 Å². The molecule has 134 valence electrons. The van der Waals surface area contributed by atoms with Crippen molar-refractivity contribution in [2.45, 2.75) is 39.2 Å². The average Bonchev–Trinajstić information content (AvgIpc) is 3.18. The topological polar surface area (TPSA) is 50.2 Å². The first-order chi connectivity index (χ1) is 11.6. The molecule has 1 atom stereocenters. The molecule has 1 aliphatic heterocycles. The molecule has 0 saturated carbocycles. The number of carbonyl (C=O) groups is 1. The molecule has 0 bridgehead atoms. The SMILES string of the molecule is Cc1ccc(-n2nc(C(=O)N3CCNC[C@H]3C)c3c2CCC3)cc1.Cl. The summed E-state index contributed by atoms with van der Waals surface area (Å²) in [5, 5.41) is 8.09. The van der Waals surface area contributed by atoms with Gasteiger partial charge in [-0.1, -0.05) is 17.7 Å². The molecule has 1 fully saturated rings. The Balaban J connectivity index is 0.00000182. The zero-order chi connectivity index (χ0) is 16.7. The number of hydrogen-bond donors (Lipinski definition) is 1. The zero-order valence-electron chi connectivity index (χ0n) is 14.8. The Morgan fingerprint density at radius 2 is 2.00 bits per heavy atom. The van der Waals surface area contributed by atoms with E-state index in [1.807, 2.05) is 9.58 Å². The minimum Gasteiger partial charge on any atom is -0.332 e. The number of nitrogens with zero attached hydrogens (tertiary/aromatic N) is 3. The number of aryl methyl sites for hydroxylation is 1. The van der Waals surface area contributed by atoms with Gasteiger partial charge in [-0.15, -0.1) is 12.4 Å². The number of nitrogens with one attached hydrogen (secondary N) is 1. The summed E-state index contributed by atoms with van der Waals surface area (Å²) >= 11 is 0. The quantitative estimate of drug-likeness (QED) is 0.895. The van der Waals surface area contributed by atoms with E-state index in [1.165, 1.54) is 11.3 Å². The average molecular weight is 361 g/mol. The van der Waals surface area contributed by atoms with E-state index in [4.69, 9.17) is 5.10 Å². The van der Waals surface area contributed by atoms with Gasteiger partial charge in [0.15, 0.2) is 5.69 Å². The van der Waals surface area contributed by atoms with E-state index >= 15 is 0 Å². The smallest absolute Gasteiger partial charge is 0.274 e. The second-order valence-electron chi connectivity index (χ2n) is 6.93. The summed E-state index contributed by atoms with van der Waals surface area (Å²) in [6, 6.07) is 8.58. The molecule has 4 rings (SSSR count). The minimum atomic E-state index is 0. The van der Waals surface area contributed by atoms with Crippen LogP contribution in [0.2, 0.25) is 0 Å². The first kappa shape index (κ1) is 18.0. The molecule has 1 amide bonds. The minimum absolute atomic E-state index is 0. The summed E-state index contributed by atoms with van der Waals surface area (Å²) < 4.78 is 1.99. The van der Waals surface area contributed by atoms with Crippen LogP contribution in [0.15, 0.2) is 24.3 Å². The number of aromatic nitrogens is 2. The van der Waals surface area contributed by atoms with Gasteiger partial charge in [-0.05, 0) is 45.2 Å². The van der Waals surface area contributed by atoms with Crippen molar-refractivity contribution >= 4 is 18.3 Å².